The molecule has 0 atom stereocenters. The van der Waals surface area contributed by atoms with Gasteiger partial charge in [-0.3, -0.25) is 9.78 Å². The smallest absolute Gasteiger partial charge is 0.271 e. The number of pyridine rings is 1. The van der Waals surface area contributed by atoms with Gasteiger partial charge in [0.2, 0.25) is 0 Å². The molecule has 1 fully saturated rings. The first-order valence-electron chi connectivity index (χ1n) is 12.8. The quantitative estimate of drug-likeness (QED) is 0.410. The molecule has 0 saturated carbocycles. The molecule has 0 bridgehead atoms. The number of hydrogen-bond donors (Lipinski definition) is 1. The van der Waals surface area contributed by atoms with Crippen molar-refractivity contribution in [1.82, 2.24) is 14.5 Å². The highest BCUT2D eigenvalue weighted by atomic mass is 16.5. The zero-order valence-electron chi connectivity index (χ0n) is 21.6. The molecule has 1 aromatic carbocycles. The maximum Gasteiger partial charge on any atom is 0.271 e. The highest BCUT2D eigenvalue weighted by Gasteiger charge is 2.27. The number of imidazole rings is 1. The molecule has 194 valence electrons. The van der Waals surface area contributed by atoms with Gasteiger partial charge in [-0.15, -0.1) is 0 Å². The molecular weight excluding hydrogens is 458 g/mol. The fourth-order valence-corrected chi connectivity index (χ4v) is 4.95. The average molecular weight is 497 g/mol. The molecule has 0 unspecified atom stereocenters. The second-order valence-electron chi connectivity index (χ2n) is 9.03. The largest absolute Gasteiger partial charge is 0.495 e. The Morgan fingerprint density at radius 2 is 2.08 bits per heavy atom. The third-order valence-corrected chi connectivity index (χ3v) is 6.94. The Bertz CT molecular complexity index is 1170. The van der Waals surface area contributed by atoms with Gasteiger partial charge in [-0.05, 0) is 51.0 Å². The number of carbonyl (C=O) groups excluding carboxylic acids is 1. The number of likely N-dealkylation sites (N-methyl/N-ethyl adjacent to an activating group) is 1. The summed E-state index contributed by atoms with van der Waals surface area (Å²) in [7, 11) is 1.60. The summed E-state index contributed by atoms with van der Waals surface area (Å²) in [4.78, 5) is 19.0. The first-order valence-corrected chi connectivity index (χ1v) is 12.8. The van der Waals surface area contributed by atoms with E-state index in [1.165, 1.54) is 0 Å². The Balaban J connectivity index is 1.50. The van der Waals surface area contributed by atoms with Crippen molar-refractivity contribution in [2.45, 2.75) is 52.9 Å². The van der Waals surface area contributed by atoms with Crippen LogP contribution in [0, 0.1) is 5.92 Å². The minimum Gasteiger partial charge on any atom is -0.495 e. The van der Waals surface area contributed by atoms with E-state index < -0.39 is 0 Å². The number of aryl methyl sites for hydroxylation is 1. The molecular formula is C27H38N5O4+. The van der Waals surface area contributed by atoms with Crippen molar-refractivity contribution in [3.8, 4) is 11.5 Å². The fourth-order valence-electron chi connectivity index (χ4n) is 4.95. The molecule has 0 spiro atoms. The van der Waals surface area contributed by atoms with Gasteiger partial charge in [0.15, 0.2) is 17.6 Å². The van der Waals surface area contributed by atoms with Crippen LogP contribution in [0.5, 0.6) is 11.5 Å². The Labute approximate surface area is 212 Å². The molecule has 9 nitrogen and oxygen atoms in total. The average Bonchev–Trinajstić information content (AvgIpc) is 3.22. The second kappa shape index (κ2) is 12.2. The number of methoxy groups -OCH3 is 1. The topological polar surface area (TPSA) is 95.7 Å². The number of fused-ring (bicyclic) bond motifs is 1. The highest BCUT2D eigenvalue weighted by Crippen LogP contribution is 2.24. The number of rotatable bonds is 11. The lowest BCUT2D eigenvalue weighted by Crippen LogP contribution is -2.43. The molecule has 1 amide bonds. The first kappa shape index (κ1) is 25.9. The lowest BCUT2D eigenvalue weighted by Gasteiger charge is -2.21. The van der Waals surface area contributed by atoms with Gasteiger partial charge >= 0.3 is 0 Å². The maximum absolute atomic E-state index is 13.0. The van der Waals surface area contributed by atoms with E-state index in [0.717, 1.165) is 61.7 Å². The van der Waals surface area contributed by atoms with Crippen molar-refractivity contribution in [3.63, 3.8) is 0 Å². The Morgan fingerprint density at radius 3 is 2.78 bits per heavy atom. The second-order valence-corrected chi connectivity index (χ2v) is 9.03. The van der Waals surface area contributed by atoms with Crippen molar-refractivity contribution in [3.05, 3.63) is 48.0 Å². The molecule has 0 radical (unpaired) electrons. The predicted molar refractivity (Wildman–Crippen MR) is 137 cm³/mol. The molecule has 0 aliphatic carbocycles. The van der Waals surface area contributed by atoms with Crippen molar-refractivity contribution >= 4 is 16.9 Å². The number of ether oxygens (including phenoxy) is 3. The van der Waals surface area contributed by atoms with Crippen LogP contribution in [0.3, 0.4) is 0 Å². The van der Waals surface area contributed by atoms with Gasteiger partial charge in [0, 0.05) is 37.9 Å². The monoisotopic (exact) mass is 496 g/mol. The van der Waals surface area contributed by atoms with E-state index in [9.17, 15) is 4.79 Å². The third kappa shape index (κ3) is 5.63. The normalized spacial score (nSPS) is 14.2. The molecule has 1 aliphatic heterocycles. The van der Waals surface area contributed by atoms with Crippen molar-refractivity contribution in [2.75, 3.05) is 33.5 Å². The molecule has 9 heteroatoms. The van der Waals surface area contributed by atoms with E-state index in [-0.39, 0.29) is 12.5 Å². The van der Waals surface area contributed by atoms with Gasteiger partial charge in [0.25, 0.3) is 11.7 Å². The minimum absolute atomic E-state index is 0.0485. The fraction of sp³-hybridized carbons (Fsp3) is 0.519. The van der Waals surface area contributed by atoms with Crippen LogP contribution >= 0.6 is 0 Å². The predicted octanol–water partition coefficient (Wildman–Crippen LogP) is 2.67. The van der Waals surface area contributed by atoms with Gasteiger partial charge in [-0.25, -0.2) is 9.13 Å². The molecule has 36 heavy (non-hydrogen) atoms. The number of hydrogen-bond acceptors (Lipinski definition) is 6. The summed E-state index contributed by atoms with van der Waals surface area (Å²) in [5.41, 5.74) is 9.13. The molecule has 2 N–H and O–H groups in total. The van der Waals surface area contributed by atoms with Crippen molar-refractivity contribution < 1.29 is 23.6 Å². The maximum atomic E-state index is 13.0. The summed E-state index contributed by atoms with van der Waals surface area (Å²) in [5, 5.41) is 0. The number of benzene rings is 1. The first-order chi connectivity index (χ1) is 17.6. The van der Waals surface area contributed by atoms with Crippen LogP contribution in [0.4, 0.5) is 0 Å². The zero-order valence-corrected chi connectivity index (χ0v) is 21.6. The lowest BCUT2D eigenvalue weighted by molar-refractivity contribution is -0.687. The number of nitrogens with two attached hydrogens (primary N) is 1. The van der Waals surface area contributed by atoms with Gasteiger partial charge in [-0.1, -0.05) is 0 Å². The molecule has 1 aliphatic rings. The summed E-state index contributed by atoms with van der Waals surface area (Å²) in [6.45, 7) is 8.78. The Hall–Kier alpha value is -3.17. The molecule has 3 heterocycles. The van der Waals surface area contributed by atoms with Crippen LogP contribution in [0.25, 0.3) is 11.0 Å². The van der Waals surface area contributed by atoms with Crippen molar-refractivity contribution in [2.24, 2.45) is 11.7 Å². The molecule has 3 aromatic rings. The number of aromatic nitrogens is 3. The lowest BCUT2D eigenvalue weighted by atomic mass is 10.0. The van der Waals surface area contributed by atoms with Gasteiger partial charge in [0.05, 0.1) is 33.3 Å². The number of carbonyl (C=O) groups is 1. The van der Waals surface area contributed by atoms with Crippen LogP contribution < -0.4 is 19.8 Å². The molecule has 1 saturated heterocycles. The van der Waals surface area contributed by atoms with Crippen molar-refractivity contribution in [1.29, 1.82) is 0 Å². The summed E-state index contributed by atoms with van der Waals surface area (Å²) < 4.78 is 21.5. The van der Waals surface area contributed by atoms with E-state index >= 15 is 0 Å². The highest BCUT2D eigenvalue weighted by molar-refractivity contribution is 5.78. The summed E-state index contributed by atoms with van der Waals surface area (Å²) in [6, 6.07) is 9.70. The van der Waals surface area contributed by atoms with Gasteiger partial charge in [-0.2, -0.15) is 0 Å². The summed E-state index contributed by atoms with van der Waals surface area (Å²) in [5.74, 6) is 2.91. The molecule has 4 rings (SSSR count). The number of nitrogens with zero attached hydrogens (tertiary/aromatic N) is 4. The van der Waals surface area contributed by atoms with E-state index in [4.69, 9.17) is 19.9 Å². The number of amides is 1. The minimum atomic E-state index is -0.103. The van der Waals surface area contributed by atoms with E-state index in [1.54, 1.807) is 18.2 Å². The Kier molecular flexibility index (Phi) is 8.77. The summed E-state index contributed by atoms with van der Waals surface area (Å²) in [6.07, 6.45) is 3.84. The third-order valence-electron chi connectivity index (χ3n) is 6.94. The van der Waals surface area contributed by atoms with Crippen LogP contribution in [0.15, 0.2) is 36.5 Å². The van der Waals surface area contributed by atoms with E-state index in [2.05, 4.69) is 27.1 Å². The Morgan fingerprint density at radius 1 is 1.28 bits per heavy atom. The van der Waals surface area contributed by atoms with Gasteiger partial charge in [0.1, 0.15) is 17.2 Å². The summed E-state index contributed by atoms with van der Waals surface area (Å²) >= 11 is 0. The van der Waals surface area contributed by atoms with Crippen LogP contribution in [-0.2, 0) is 35.7 Å². The molecule has 2 aromatic heterocycles. The van der Waals surface area contributed by atoms with E-state index in [0.29, 0.717) is 37.1 Å². The van der Waals surface area contributed by atoms with Crippen LogP contribution in [0.1, 0.15) is 38.2 Å². The van der Waals surface area contributed by atoms with Gasteiger partial charge < -0.3 is 24.8 Å². The SMILES string of the molecule is CCN(Cc1ncccc1OC)C(=O)COc1ccc2c(c1)n(CC)c(CN)[n+]2CC1CCOCC1. The van der Waals surface area contributed by atoms with Crippen LogP contribution in [0.2, 0.25) is 0 Å². The van der Waals surface area contributed by atoms with Crippen LogP contribution in [-0.4, -0.2) is 53.8 Å². The standard InChI is InChI=1S/C27H38N5O4/c1-4-30(18-22-25(34-3)7-6-12-29-22)27(33)19-36-21-8-9-23-24(15-21)31(5-2)26(16-28)32(23)17-20-10-13-35-14-11-20/h6-9,12,15,20H,4-5,10-11,13-14,16-19,28H2,1-3H3/q+1. The van der Waals surface area contributed by atoms with E-state index in [1.807, 2.05) is 31.2 Å². The zero-order chi connectivity index (χ0) is 25.5.